The molecule has 4 rings (SSSR count). The van der Waals surface area contributed by atoms with Gasteiger partial charge < -0.3 is 14.8 Å². The molecule has 10 heteroatoms. The van der Waals surface area contributed by atoms with Gasteiger partial charge in [-0.05, 0) is 62.6 Å². The number of fused-ring (bicyclic) bond motifs is 2. The zero-order chi connectivity index (χ0) is 28.5. The van der Waals surface area contributed by atoms with E-state index in [1.165, 1.54) is 29.7 Å². The minimum Gasteiger partial charge on any atom is -0.481 e. The second-order valence-electron chi connectivity index (χ2n) is 9.09. The Bertz CT molecular complexity index is 1480. The second-order valence-corrected chi connectivity index (χ2v) is 11.2. The van der Waals surface area contributed by atoms with Crippen LogP contribution in [0.15, 0.2) is 77.7 Å². The van der Waals surface area contributed by atoms with Crippen LogP contribution in [0.5, 0.6) is 17.2 Å². The van der Waals surface area contributed by atoms with Crippen LogP contribution in [0.3, 0.4) is 0 Å². The number of ether oxygens (including phenoxy) is 2. The summed E-state index contributed by atoms with van der Waals surface area (Å²) in [6.45, 7) is 2.13. The molecule has 1 atom stereocenters. The fourth-order valence-corrected chi connectivity index (χ4v) is 6.20. The highest BCUT2D eigenvalue weighted by atomic mass is 32.2. The predicted octanol–water partition coefficient (Wildman–Crippen LogP) is 3.96. The number of benzene rings is 3. The van der Waals surface area contributed by atoms with E-state index in [-0.39, 0.29) is 30.4 Å². The third-order valence-corrected chi connectivity index (χ3v) is 8.68. The number of para-hydroxylation sites is 2. The third kappa shape index (κ3) is 6.45. The summed E-state index contributed by atoms with van der Waals surface area (Å²) in [7, 11) is -4.10. The van der Waals surface area contributed by atoms with E-state index in [2.05, 4.69) is 17.2 Å². The van der Waals surface area contributed by atoms with Crippen molar-refractivity contribution in [1.29, 1.82) is 0 Å². The Morgan fingerprint density at radius 3 is 2.20 bits per heavy atom. The molecular weight excluding hydrogens is 532 g/mol. The molecule has 3 N–H and O–H groups in total. The normalized spacial score (nSPS) is 12.9. The number of unbranched alkanes of at least 4 members (excludes halogenated alkanes) is 1. The van der Waals surface area contributed by atoms with E-state index in [0.29, 0.717) is 30.1 Å². The summed E-state index contributed by atoms with van der Waals surface area (Å²) in [6, 6.07) is 20.4. The maximum atomic E-state index is 13.3. The molecule has 0 saturated carbocycles. The minimum absolute atomic E-state index is 0.0438. The van der Waals surface area contributed by atoms with Gasteiger partial charge in [-0.25, -0.2) is 13.9 Å². The van der Waals surface area contributed by atoms with Crippen LogP contribution >= 0.6 is 0 Å². The molecule has 1 heterocycles. The Balaban J connectivity index is 1.36. The smallest absolute Gasteiger partial charge is 0.262 e. The first kappa shape index (κ1) is 28.7. The van der Waals surface area contributed by atoms with Crippen LogP contribution in [-0.2, 0) is 19.4 Å². The topological polar surface area (TPSA) is 131 Å². The summed E-state index contributed by atoms with van der Waals surface area (Å²) in [6.07, 6.45) is 0.696. The lowest BCUT2D eigenvalue weighted by atomic mass is 9.87. The van der Waals surface area contributed by atoms with Crippen LogP contribution in [0.2, 0.25) is 0 Å². The zero-order valence-electron chi connectivity index (χ0n) is 21.9. The molecule has 3 aromatic rings. The molecule has 2 amide bonds. The van der Waals surface area contributed by atoms with Gasteiger partial charge in [0.05, 0.1) is 10.8 Å². The first-order valence-corrected chi connectivity index (χ1v) is 14.3. The average molecular weight is 563 g/mol. The summed E-state index contributed by atoms with van der Waals surface area (Å²) in [4.78, 5) is 25.5. The highest BCUT2D eigenvalue weighted by Gasteiger charge is 2.34. The zero-order valence-corrected chi connectivity index (χ0v) is 22.7. The fourth-order valence-electron chi connectivity index (χ4n) is 4.54. The van der Waals surface area contributed by atoms with E-state index < -0.39 is 26.9 Å². The van der Waals surface area contributed by atoms with Crippen LogP contribution in [0.4, 0.5) is 0 Å². The van der Waals surface area contributed by atoms with Crippen molar-refractivity contribution in [3.63, 3.8) is 0 Å². The largest absolute Gasteiger partial charge is 0.481 e. The van der Waals surface area contributed by atoms with Crippen molar-refractivity contribution < 1.29 is 32.7 Å². The number of hydroxylamine groups is 1. The number of sulfone groups is 1. The summed E-state index contributed by atoms with van der Waals surface area (Å²) >= 11 is 0. The van der Waals surface area contributed by atoms with Gasteiger partial charge in [-0.1, -0.05) is 42.3 Å². The van der Waals surface area contributed by atoms with Gasteiger partial charge in [0.2, 0.25) is 5.91 Å². The Morgan fingerprint density at radius 2 is 1.60 bits per heavy atom. The molecular formula is C30H30N2O7S. The van der Waals surface area contributed by atoms with E-state index >= 15 is 0 Å². The Hall–Kier alpha value is -4.33. The molecule has 1 aliphatic heterocycles. The Labute approximate surface area is 233 Å². The maximum absolute atomic E-state index is 13.3. The highest BCUT2D eigenvalue weighted by Crippen LogP contribution is 2.43. The van der Waals surface area contributed by atoms with Gasteiger partial charge in [0, 0.05) is 17.7 Å². The van der Waals surface area contributed by atoms with E-state index in [1.807, 2.05) is 48.5 Å². The third-order valence-electron chi connectivity index (χ3n) is 6.55. The average Bonchev–Trinajstić information content (AvgIpc) is 2.97. The van der Waals surface area contributed by atoms with Crippen LogP contribution in [0.1, 0.15) is 43.2 Å². The van der Waals surface area contributed by atoms with Crippen molar-refractivity contribution >= 4 is 21.7 Å². The molecule has 0 saturated heterocycles. The van der Waals surface area contributed by atoms with E-state index in [0.717, 1.165) is 11.1 Å². The molecule has 0 radical (unpaired) electrons. The van der Waals surface area contributed by atoms with Gasteiger partial charge in [0.1, 0.15) is 29.1 Å². The predicted molar refractivity (Wildman–Crippen MR) is 148 cm³/mol. The quantitative estimate of drug-likeness (QED) is 0.140. The Kier molecular flexibility index (Phi) is 9.43. The van der Waals surface area contributed by atoms with Gasteiger partial charge in [-0.15, -0.1) is 5.92 Å². The number of carbonyl (C=O) groups excluding carboxylic acids is 2. The molecule has 0 spiro atoms. The van der Waals surface area contributed by atoms with Crippen molar-refractivity contribution in [2.75, 3.05) is 13.2 Å². The van der Waals surface area contributed by atoms with Gasteiger partial charge in [0.15, 0.2) is 9.84 Å². The lowest BCUT2D eigenvalue weighted by Crippen LogP contribution is -2.38. The summed E-state index contributed by atoms with van der Waals surface area (Å²) in [5.74, 6) is 5.37. The second kappa shape index (κ2) is 13.2. The maximum Gasteiger partial charge on any atom is 0.262 e. The SMILES string of the molecule is CC#CCOc1ccc(S(=O)(=O)C(CCCCNC(=O)C2c3ccccc3Oc3ccccc32)C(=O)NO)cc1. The van der Waals surface area contributed by atoms with E-state index in [1.54, 1.807) is 6.92 Å². The molecule has 40 heavy (non-hydrogen) atoms. The van der Waals surface area contributed by atoms with Gasteiger partial charge in [-0.2, -0.15) is 0 Å². The fraction of sp³-hybridized carbons (Fsp3) is 0.267. The summed E-state index contributed by atoms with van der Waals surface area (Å²) in [5, 5.41) is 10.6. The minimum atomic E-state index is -4.10. The van der Waals surface area contributed by atoms with Crippen LogP contribution in [-0.4, -0.2) is 43.8 Å². The standard InChI is InChI=1S/C30H30N2O7S/c1-2-3-20-38-21-15-17-22(18-16-21)40(36,37)27(29(33)32-35)14-8-9-19-31-30(34)28-23-10-4-6-12-25(23)39-26-13-7-5-11-24(26)28/h4-7,10-13,15-18,27-28,35H,8-9,14,19-20H2,1H3,(H,31,34)(H,32,33). The molecule has 3 aromatic carbocycles. The molecule has 0 aliphatic carbocycles. The van der Waals surface area contributed by atoms with Gasteiger partial charge in [-0.3, -0.25) is 14.8 Å². The van der Waals surface area contributed by atoms with Crippen molar-refractivity contribution in [2.45, 2.75) is 42.2 Å². The number of hydrogen-bond acceptors (Lipinski definition) is 7. The number of hydrogen-bond donors (Lipinski definition) is 3. The lowest BCUT2D eigenvalue weighted by molar-refractivity contribution is -0.129. The highest BCUT2D eigenvalue weighted by molar-refractivity contribution is 7.92. The lowest BCUT2D eigenvalue weighted by Gasteiger charge is -2.27. The Morgan fingerprint density at radius 1 is 0.975 bits per heavy atom. The van der Waals surface area contributed by atoms with Gasteiger partial charge >= 0.3 is 0 Å². The number of amides is 2. The van der Waals surface area contributed by atoms with E-state index in [4.69, 9.17) is 9.47 Å². The first-order valence-electron chi connectivity index (χ1n) is 12.8. The molecule has 9 nitrogen and oxygen atoms in total. The molecule has 0 fully saturated rings. The summed E-state index contributed by atoms with van der Waals surface area (Å²) < 4.78 is 37.8. The van der Waals surface area contributed by atoms with Crippen molar-refractivity contribution in [3.8, 4) is 29.1 Å². The van der Waals surface area contributed by atoms with Crippen LogP contribution in [0, 0.1) is 11.8 Å². The number of carbonyl (C=O) groups is 2. The molecule has 0 aromatic heterocycles. The molecule has 1 unspecified atom stereocenters. The van der Waals surface area contributed by atoms with Crippen molar-refractivity contribution in [2.24, 2.45) is 0 Å². The summed E-state index contributed by atoms with van der Waals surface area (Å²) in [5.41, 5.74) is 2.99. The number of nitrogens with one attached hydrogen (secondary N) is 2. The first-order chi connectivity index (χ1) is 19.4. The molecule has 208 valence electrons. The number of rotatable bonds is 11. The van der Waals surface area contributed by atoms with Crippen molar-refractivity contribution in [3.05, 3.63) is 83.9 Å². The van der Waals surface area contributed by atoms with Gasteiger partial charge in [0.25, 0.3) is 5.91 Å². The van der Waals surface area contributed by atoms with Crippen LogP contribution in [0.25, 0.3) is 0 Å². The van der Waals surface area contributed by atoms with Crippen molar-refractivity contribution in [1.82, 2.24) is 10.8 Å². The molecule has 1 aliphatic rings. The molecule has 0 bridgehead atoms. The van der Waals surface area contributed by atoms with E-state index in [9.17, 15) is 23.2 Å². The monoisotopic (exact) mass is 562 g/mol. The van der Waals surface area contributed by atoms with Crippen LogP contribution < -0.4 is 20.3 Å².